The summed E-state index contributed by atoms with van der Waals surface area (Å²) in [5, 5.41) is -0.401. The van der Waals surface area contributed by atoms with Gasteiger partial charge in [0.15, 0.2) is 11.5 Å². The smallest absolute Gasteiger partial charge is 0.245 e. The molecular formula is C22H19N3O4. The largest absolute Gasteiger partial charge is 0.454 e. The minimum atomic E-state index is -3.54. The fraction of sp³-hybridized carbons (Fsp3) is 0.273. The van der Waals surface area contributed by atoms with Crippen molar-refractivity contribution in [1.29, 1.82) is 0 Å². The summed E-state index contributed by atoms with van der Waals surface area (Å²) in [5.41, 5.74) is -1.51. The van der Waals surface area contributed by atoms with Gasteiger partial charge in [-0.3, -0.25) is 9.59 Å². The molecule has 7 heteroatoms. The quantitative estimate of drug-likeness (QED) is 0.678. The Balaban J connectivity index is 1.78. The van der Waals surface area contributed by atoms with Crippen LogP contribution in [0.3, 0.4) is 0 Å². The molecule has 146 valence electrons. The van der Waals surface area contributed by atoms with E-state index in [4.69, 9.17) is 24.6 Å². The lowest BCUT2D eigenvalue weighted by molar-refractivity contribution is -0.157. The number of likely N-dealkylation sites (N-methyl/N-ethyl adjacent to an activating group) is 1. The highest BCUT2D eigenvalue weighted by Crippen LogP contribution is 2.44. The summed E-state index contributed by atoms with van der Waals surface area (Å²) in [6.07, 6.45) is -3.07. The Kier molecular flexibility index (Phi) is 1.69. The molecule has 0 aliphatic carbocycles. The molecule has 1 N–H and O–H groups in total. The third-order valence-electron chi connectivity index (χ3n) is 4.98. The van der Waals surface area contributed by atoms with Crippen LogP contribution in [0.25, 0.3) is 10.9 Å². The third kappa shape index (κ3) is 2.24. The Labute approximate surface area is 183 Å². The highest BCUT2D eigenvalue weighted by molar-refractivity contribution is 5.97. The van der Waals surface area contributed by atoms with E-state index in [1.54, 1.807) is 0 Å². The maximum atomic E-state index is 13.9. The molecule has 0 saturated carbocycles. The lowest BCUT2D eigenvalue weighted by Gasteiger charge is -2.46. The van der Waals surface area contributed by atoms with Crippen molar-refractivity contribution >= 4 is 22.7 Å². The minimum absolute atomic E-state index is 0.115. The zero-order chi connectivity index (χ0) is 30.2. The lowest BCUT2D eigenvalue weighted by atomic mass is 9.86. The fourth-order valence-electron chi connectivity index (χ4n) is 3.72. The number of hydrogen-bond acceptors (Lipinski definition) is 4. The lowest BCUT2D eigenvalue weighted by Crippen LogP contribution is -2.62. The van der Waals surface area contributed by atoms with Crippen LogP contribution in [0.2, 0.25) is 0 Å². The van der Waals surface area contributed by atoms with Crippen LogP contribution in [-0.2, 0) is 16.0 Å². The van der Waals surface area contributed by atoms with E-state index in [2.05, 4.69) is 4.98 Å². The van der Waals surface area contributed by atoms with Crippen LogP contribution in [0, 0.1) is 0 Å². The van der Waals surface area contributed by atoms with Crippen LogP contribution in [0.1, 0.15) is 39.3 Å². The van der Waals surface area contributed by atoms with Gasteiger partial charge in [-0.15, -0.1) is 0 Å². The average Bonchev–Trinajstić information content (AvgIpc) is 3.51. The number of H-pyrrole nitrogens is 1. The van der Waals surface area contributed by atoms with Crippen molar-refractivity contribution in [2.45, 2.75) is 18.4 Å². The molecule has 29 heavy (non-hydrogen) atoms. The van der Waals surface area contributed by atoms with Gasteiger partial charge in [0.1, 0.15) is 6.04 Å². The predicted octanol–water partition coefficient (Wildman–Crippen LogP) is 2.21. The number of rotatable bonds is 1. The van der Waals surface area contributed by atoms with E-state index in [9.17, 15) is 11.0 Å². The number of carbonyl (C=O) groups excluding carboxylic acids is 2. The molecule has 1 fully saturated rings. The van der Waals surface area contributed by atoms with Crippen LogP contribution in [-0.4, -0.2) is 52.9 Å². The minimum Gasteiger partial charge on any atom is -0.454 e. The van der Waals surface area contributed by atoms with Gasteiger partial charge in [0, 0.05) is 36.8 Å². The van der Waals surface area contributed by atoms with E-state index < -0.39 is 84.5 Å². The molecule has 4 heterocycles. The first-order chi connectivity index (χ1) is 18.9. The first-order valence-electron chi connectivity index (χ1n) is 14.6. The van der Waals surface area contributed by atoms with Crippen molar-refractivity contribution in [1.82, 2.24) is 14.8 Å². The molecule has 0 bridgehead atoms. The van der Waals surface area contributed by atoms with Crippen molar-refractivity contribution in [3.8, 4) is 11.5 Å². The molecular weight excluding hydrogens is 370 g/mol. The summed E-state index contributed by atoms with van der Waals surface area (Å²) >= 11 is 0. The summed E-state index contributed by atoms with van der Waals surface area (Å²) in [6.45, 7) is -7.23. The topological polar surface area (TPSA) is 74.9 Å². The molecule has 1 aromatic heterocycles. The number of nitrogens with one attached hydrogen (secondary N) is 1. The van der Waals surface area contributed by atoms with Crippen molar-refractivity contribution < 1.29 is 35.5 Å². The molecule has 1 saturated heterocycles. The van der Waals surface area contributed by atoms with E-state index in [1.807, 2.05) is 0 Å². The number of aromatic amines is 1. The molecule has 3 aromatic rings. The fourth-order valence-corrected chi connectivity index (χ4v) is 3.72. The second-order valence-electron chi connectivity index (χ2n) is 6.55. The summed E-state index contributed by atoms with van der Waals surface area (Å²) in [7, 11) is 0. The highest BCUT2D eigenvalue weighted by atomic mass is 16.7. The first-order valence-corrected chi connectivity index (χ1v) is 8.59. The van der Waals surface area contributed by atoms with Gasteiger partial charge in [0.05, 0.1) is 22.1 Å². The SMILES string of the molecule is [2H]c1c([2H])c([2H])c2c3c([nH]c2c1[2H])[C@@]([2H])(c1ccc2c(c1)OCO2)N1C(=O)C([2H])([2H])N(C([2H])([2H])[2H])C(=O)[C@H]1C3([2H])[2H]. The molecule has 6 rings (SSSR count). The zero-order valence-electron chi connectivity index (χ0n) is 26.5. The van der Waals surface area contributed by atoms with E-state index in [0.29, 0.717) is 4.90 Å². The van der Waals surface area contributed by atoms with Gasteiger partial charge in [-0.2, -0.15) is 0 Å². The summed E-state index contributed by atoms with van der Waals surface area (Å²) in [6, 6.07) is -3.88. The van der Waals surface area contributed by atoms with Gasteiger partial charge in [0.25, 0.3) is 0 Å². The van der Waals surface area contributed by atoms with E-state index in [1.165, 1.54) is 18.2 Å². The maximum Gasteiger partial charge on any atom is 0.245 e. The predicted molar refractivity (Wildman–Crippen MR) is 105 cm³/mol. The van der Waals surface area contributed by atoms with Crippen LogP contribution in [0.5, 0.6) is 11.5 Å². The zero-order valence-corrected chi connectivity index (χ0v) is 14.5. The van der Waals surface area contributed by atoms with Crippen molar-refractivity contribution in [3.05, 3.63) is 59.2 Å². The van der Waals surface area contributed by atoms with Gasteiger partial charge in [-0.1, -0.05) is 24.2 Å². The molecule has 2 aromatic carbocycles. The molecule has 0 radical (unpaired) electrons. The number of nitrogens with zero attached hydrogens (tertiary/aromatic N) is 2. The van der Waals surface area contributed by atoms with Gasteiger partial charge < -0.3 is 24.3 Å². The van der Waals surface area contributed by atoms with E-state index >= 15 is 0 Å². The molecule has 2 atom stereocenters. The second-order valence-corrected chi connectivity index (χ2v) is 6.55. The third-order valence-corrected chi connectivity index (χ3v) is 4.98. The van der Waals surface area contributed by atoms with Crippen LogP contribution in [0.15, 0.2) is 42.4 Å². The van der Waals surface area contributed by atoms with Crippen LogP contribution >= 0.6 is 0 Å². The molecule has 2 amide bonds. The van der Waals surface area contributed by atoms with Gasteiger partial charge >= 0.3 is 0 Å². The van der Waals surface area contributed by atoms with Gasteiger partial charge in [-0.25, -0.2) is 0 Å². The normalized spacial score (nSPS) is 35.2. The molecule has 3 aliphatic heterocycles. The number of aromatic nitrogens is 1. The Morgan fingerprint density at radius 2 is 2.14 bits per heavy atom. The molecule has 0 spiro atoms. The Hall–Kier alpha value is -3.48. The number of benzene rings is 2. The first kappa shape index (κ1) is 8.49. The summed E-state index contributed by atoms with van der Waals surface area (Å²) < 4.78 is 112. The number of carbonyl (C=O) groups is 2. The van der Waals surface area contributed by atoms with Crippen LogP contribution < -0.4 is 9.47 Å². The summed E-state index contributed by atoms with van der Waals surface area (Å²) in [4.78, 5) is 30.4. The average molecular weight is 401 g/mol. The second kappa shape index (κ2) is 5.76. The standard InChI is InChI=1S/C22H19N3O4/c1-24-10-19(26)25-16(22(24)27)9-14-13-4-2-3-5-15(13)23-20(14)21(25)12-6-7-17-18(8-12)29-11-28-17/h2-8,16,21,23H,9-11H2,1H3/t16-,21-/m1/s1/i1D3,2D,3D,4D,5D,9D2,10D2,21D. The molecule has 0 unspecified atom stereocenters. The van der Waals surface area contributed by atoms with Crippen LogP contribution in [0.4, 0.5) is 0 Å². The Morgan fingerprint density at radius 3 is 3.03 bits per heavy atom. The number of para-hydroxylation sites is 1. The van der Waals surface area contributed by atoms with E-state index in [0.717, 1.165) is 0 Å². The van der Waals surface area contributed by atoms with Crippen molar-refractivity contribution in [2.75, 3.05) is 20.3 Å². The Bertz CT molecular complexity index is 1700. The van der Waals surface area contributed by atoms with Crippen molar-refractivity contribution in [3.63, 3.8) is 0 Å². The van der Waals surface area contributed by atoms with E-state index in [-0.39, 0.29) is 34.3 Å². The number of hydrogen-bond donors (Lipinski definition) is 1. The maximum absolute atomic E-state index is 13.9. The van der Waals surface area contributed by atoms with Crippen molar-refractivity contribution in [2.24, 2.45) is 0 Å². The number of piperazine rings is 1. The monoisotopic (exact) mass is 401 g/mol. The summed E-state index contributed by atoms with van der Waals surface area (Å²) in [5.74, 6) is -2.97. The highest BCUT2D eigenvalue weighted by Gasteiger charge is 2.47. The molecule has 7 nitrogen and oxygen atoms in total. The number of fused-ring (bicyclic) bond motifs is 5. The number of amides is 2. The van der Waals surface area contributed by atoms with Gasteiger partial charge in [0.2, 0.25) is 18.6 Å². The Morgan fingerprint density at radius 1 is 1.28 bits per heavy atom. The van der Waals surface area contributed by atoms with Gasteiger partial charge in [-0.05, 0) is 29.3 Å². The number of ether oxygens (including phenoxy) is 2. The molecule has 3 aliphatic rings.